The number of carbonyl (C=O) groups is 2. The summed E-state index contributed by atoms with van der Waals surface area (Å²) < 4.78 is 0. The van der Waals surface area contributed by atoms with Crippen LogP contribution in [0.3, 0.4) is 0 Å². The monoisotopic (exact) mass is 372 g/mol. The average Bonchev–Trinajstić information content (AvgIpc) is 3.03. The van der Waals surface area contributed by atoms with Crippen molar-refractivity contribution in [2.75, 3.05) is 6.54 Å². The van der Waals surface area contributed by atoms with Crippen LogP contribution in [0.25, 0.3) is 0 Å². The van der Waals surface area contributed by atoms with Crippen LogP contribution >= 0.6 is 0 Å². The summed E-state index contributed by atoms with van der Waals surface area (Å²) in [4.78, 5) is 31.0. The molecule has 0 aliphatic carbocycles. The summed E-state index contributed by atoms with van der Waals surface area (Å²) >= 11 is 0. The standard InChI is InChI=1S/C22H20N4O2/c27-21(17-10-13-23-14-11-17)25-24-20-18-8-4-5-9-19(18)22(28)26(20)15-12-16-6-2-1-3-7-16/h1-11,13-14,20,24H,12,15H2,(H,25,27)/t20-/m1/s1. The average molecular weight is 372 g/mol. The third-order valence-electron chi connectivity index (χ3n) is 4.81. The predicted molar refractivity (Wildman–Crippen MR) is 105 cm³/mol. The van der Waals surface area contributed by atoms with Crippen molar-refractivity contribution >= 4 is 11.8 Å². The zero-order valence-electron chi connectivity index (χ0n) is 15.2. The van der Waals surface area contributed by atoms with Gasteiger partial charge in [0, 0.05) is 35.6 Å². The summed E-state index contributed by atoms with van der Waals surface area (Å²) in [5.41, 5.74) is 8.93. The van der Waals surface area contributed by atoms with Crippen LogP contribution < -0.4 is 10.9 Å². The lowest BCUT2D eigenvalue weighted by atomic mass is 10.1. The van der Waals surface area contributed by atoms with E-state index in [-0.39, 0.29) is 11.8 Å². The van der Waals surface area contributed by atoms with Crippen LogP contribution in [0.5, 0.6) is 0 Å². The third-order valence-corrected chi connectivity index (χ3v) is 4.81. The van der Waals surface area contributed by atoms with Gasteiger partial charge in [0.2, 0.25) is 0 Å². The Morgan fingerprint density at radius 1 is 0.964 bits per heavy atom. The molecule has 2 aromatic carbocycles. The van der Waals surface area contributed by atoms with Crippen molar-refractivity contribution in [3.63, 3.8) is 0 Å². The number of aromatic nitrogens is 1. The van der Waals surface area contributed by atoms with Crippen LogP contribution in [0.2, 0.25) is 0 Å². The number of nitrogens with one attached hydrogen (secondary N) is 2. The molecule has 0 fully saturated rings. The van der Waals surface area contributed by atoms with Gasteiger partial charge < -0.3 is 4.90 Å². The van der Waals surface area contributed by atoms with Crippen molar-refractivity contribution in [2.45, 2.75) is 12.6 Å². The Balaban J connectivity index is 1.51. The Hall–Kier alpha value is -3.51. The summed E-state index contributed by atoms with van der Waals surface area (Å²) in [5.74, 6) is -0.315. The van der Waals surface area contributed by atoms with Crippen LogP contribution in [0.4, 0.5) is 0 Å². The van der Waals surface area contributed by atoms with Gasteiger partial charge in [-0.2, -0.15) is 0 Å². The second-order valence-electron chi connectivity index (χ2n) is 6.56. The highest BCUT2D eigenvalue weighted by Crippen LogP contribution is 2.31. The molecule has 4 rings (SSSR count). The molecule has 6 heteroatoms. The minimum atomic E-state index is -0.418. The Morgan fingerprint density at radius 3 is 2.46 bits per heavy atom. The first-order valence-corrected chi connectivity index (χ1v) is 9.14. The molecule has 0 saturated heterocycles. The number of fused-ring (bicyclic) bond motifs is 1. The second kappa shape index (κ2) is 8.02. The molecule has 1 aliphatic rings. The fraction of sp³-hybridized carbons (Fsp3) is 0.136. The highest BCUT2D eigenvalue weighted by Gasteiger charge is 2.36. The molecule has 2 heterocycles. The molecule has 0 radical (unpaired) electrons. The van der Waals surface area contributed by atoms with E-state index in [1.165, 1.54) is 0 Å². The van der Waals surface area contributed by atoms with E-state index in [4.69, 9.17) is 0 Å². The van der Waals surface area contributed by atoms with E-state index in [1.807, 2.05) is 54.6 Å². The van der Waals surface area contributed by atoms with Gasteiger partial charge in [-0.25, -0.2) is 5.43 Å². The lowest BCUT2D eigenvalue weighted by molar-refractivity contribution is 0.0659. The summed E-state index contributed by atoms with van der Waals surface area (Å²) in [7, 11) is 0. The molecule has 1 atom stereocenters. The van der Waals surface area contributed by atoms with Crippen LogP contribution in [-0.4, -0.2) is 28.2 Å². The van der Waals surface area contributed by atoms with Crippen LogP contribution in [0.15, 0.2) is 79.1 Å². The number of rotatable bonds is 6. The van der Waals surface area contributed by atoms with E-state index in [0.717, 1.165) is 17.5 Å². The molecule has 0 unspecified atom stereocenters. The van der Waals surface area contributed by atoms with E-state index >= 15 is 0 Å². The van der Waals surface area contributed by atoms with Crippen molar-refractivity contribution in [1.29, 1.82) is 0 Å². The maximum Gasteiger partial charge on any atom is 0.265 e. The fourth-order valence-electron chi connectivity index (χ4n) is 3.36. The van der Waals surface area contributed by atoms with Crippen molar-refractivity contribution in [3.8, 4) is 0 Å². The minimum Gasteiger partial charge on any atom is -0.317 e. The van der Waals surface area contributed by atoms with Gasteiger partial charge >= 0.3 is 0 Å². The maximum absolute atomic E-state index is 12.9. The Labute approximate surface area is 163 Å². The van der Waals surface area contributed by atoms with Crippen molar-refractivity contribution in [3.05, 3.63) is 101 Å². The van der Waals surface area contributed by atoms with Gasteiger partial charge in [-0.05, 0) is 30.2 Å². The highest BCUT2D eigenvalue weighted by atomic mass is 16.2. The molecule has 2 amide bonds. The van der Waals surface area contributed by atoms with Gasteiger partial charge in [0.15, 0.2) is 0 Å². The molecule has 0 spiro atoms. The Kier molecular flexibility index (Phi) is 5.12. The molecule has 28 heavy (non-hydrogen) atoms. The molecule has 3 aromatic rings. The van der Waals surface area contributed by atoms with Crippen molar-refractivity contribution < 1.29 is 9.59 Å². The van der Waals surface area contributed by atoms with E-state index in [9.17, 15) is 9.59 Å². The summed E-state index contributed by atoms with van der Waals surface area (Å²) in [6.45, 7) is 0.542. The smallest absolute Gasteiger partial charge is 0.265 e. The third kappa shape index (κ3) is 3.63. The van der Waals surface area contributed by atoms with Crippen molar-refractivity contribution in [2.24, 2.45) is 0 Å². The fourth-order valence-corrected chi connectivity index (χ4v) is 3.36. The van der Waals surface area contributed by atoms with Gasteiger partial charge in [-0.3, -0.25) is 20.0 Å². The van der Waals surface area contributed by atoms with Gasteiger partial charge in [0.25, 0.3) is 11.8 Å². The Morgan fingerprint density at radius 2 is 1.68 bits per heavy atom. The maximum atomic E-state index is 12.9. The molecule has 6 nitrogen and oxygen atoms in total. The topological polar surface area (TPSA) is 74.3 Å². The molecule has 140 valence electrons. The lowest BCUT2D eigenvalue weighted by Gasteiger charge is -2.26. The number of hydrogen-bond acceptors (Lipinski definition) is 4. The highest BCUT2D eigenvalue weighted by molar-refractivity contribution is 5.99. The summed E-state index contributed by atoms with van der Waals surface area (Å²) in [5, 5.41) is 0. The number of pyridine rings is 1. The molecule has 1 aliphatic heterocycles. The zero-order valence-corrected chi connectivity index (χ0v) is 15.2. The number of benzene rings is 2. The van der Waals surface area contributed by atoms with Crippen LogP contribution in [0, 0.1) is 0 Å². The van der Waals surface area contributed by atoms with Crippen LogP contribution in [-0.2, 0) is 6.42 Å². The predicted octanol–water partition coefficient (Wildman–Crippen LogP) is 2.71. The molecular weight excluding hydrogens is 352 g/mol. The molecule has 0 saturated carbocycles. The zero-order chi connectivity index (χ0) is 19.3. The number of hydrogen-bond donors (Lipinski definition) is 2. The summed E-state index contributed by atoms with van der Waals surface area (Å²) in [6, 6.07) is 20.8. The first-order valence-electron chi connectivity index (χ1n) is 9.14. The summed E-state index contributed by atoms with van der Waals surface area (Å²) in [6.07, 6.45) is 3.44. The number of amides is 2. The first-order chi connectivity index (χ1) is 13.7. The van der Waals surface area contributed by atoms with Gasteiger partial charge in [0.1, 0.15) is 6.17 Å². The second-order valence-corrected chi connectivity index (χ2v) is 6.56. The largest absolute Gasteiger partial charge is 0.317 e. The van der Waals surface area contributed by atoms with Gasteiger partial charge in [-0.15, -0.1) is 0 Å². The molecular formula is C22H20N4O2. The van der Waals surface area contributed by atoms with E-state index in [1.54, 1.807) is 29.4 Å². The van der Waals surface area contributed by atoms with E-state index < -0.39 is 6.17 Å². The van der Waals surface area contributed by atoms with Crippen molar-refractivity contribution in [1.82, 2.24) is 20.7 Å². The number of carbonyl (C=O) groups excluding carboxylic acids is 2. The van der Waals surface area contributed by atoms with E-state index in [2.05, 4.69) is 15.8 Å². The quantitative estimate of drug-likeness (QED) is 0.653. The molecule has 1 aromatic heterocycles. The Bertz CT molecular complexity index is 976. The minimum absolute atomic E-state index is 0.0396. The number of hydrazine groups is 1. The molecule has 2 N–H and O–H groups in total. The van der Waals surface area contributed by atoms with Gasteiger partial charge in [0.05, 0.1) is 0 Å². The SMILES string of the molecule is O=C(NN[C@H]1c2ccccc2C(=O)N1CCc1ccccc1)c1ccncc1. The normalized spacial score (nSPS) is 15.4. The molecule has 0 bridgehead atoms. The van der Waals surface area contributed by atoms with E-state index in [0.29, 0.717) is 17.7 Å². The van der Waals surface area contributed by atoms with Gasteiger partial charge in [-0.1, -0.05) is 48.5 Å². The van der Waals surface area contributed by atoms with Crippen LogP contribution in [0.1, 0.15) is 38.0 Å². The lowest BCUT2D eigenvalue weighted by Crippen LogP contribution is -2.46. The number of nitrogens with zero attached hydrogens (tertiary/aromatic N) is 2. The first kappa shape index (κ1) is 17.9.